The minimum absolute atomic E-state index is 0.0659. The van der Waals surface area contributed by atoms with E-state index in [1.54, 1.807) is 37.4 Å². The van der Waals surface area contributed by atoms with Crippen molar-refractivity contribution in [1.82, 2.24) is 9.62 Å². The molecule has 1 N–H and O–H groups in total. The number of hydrogen-bond donors (Lipinski definition) is 1. The number of carbonyl (C=O) groups excluding carboxylic acids is 1. The number of sulfonamides is 1. The average Bonchev–Trinajstić information content (AvgIpc) is 2.61. The molecule has 0 radical (unpaired) electrons. The van der Waals surface area contributed by atoms with E-state index in [1.165, 1.54) is 22.5 Å². The fourth-order valence-corrected chi connectivity index (χ4v) is 3.14. The van der Waals surface area contributed by atoms with E-state index < -0.39 is 21.7 Å². The lowest BCUT2D eigenvalue weighted by molar-refractivity contribution is 0.0947. The van der Waals surface area contributed by atoms with E-state index in [0.717, 1.165) is 11.8 Å². The van der Waals surface area contributed by atoms with Gasteiger partial charge in [0.15, 0.2) is 0 Å². The van der Waals surface area contributed by atoms with Crippen molar-refractivity contribution in [1.29, 1.82) is 0 Å². The molecule has 140 valence electrons. The lowest BCUT2D eigenvalue weighted by Crippen LogP contribution is -2.37. The molecule has 1 amide bonds. The van der Waals surface area contributed by atoms with Crippen LogP contribution < -0.4 is 10.1 Å². The molecule has 0 aliphatic rings. The highest BCUT2D eigenvalue weighted by atomic mass is 32.2. The Hall–Kier alpha value is -2.45. The van der Waals surface area contributed by atoms with Crippen LogP contribution in [0.15, 0.2) is 48.5 Å². The fourth-order valence-electron chi connectivity index (χ4n) is 2.33. The second kappa shape index (κ2) is 8.77. The summed E-state index contributed by atoms with van der Waals surface area (Å²) in [6.45, 7) is 0.305. The van der Waals surface area contributed by atoms with Crippen LogP contribution in [0.2, 0.25) is 0 Å². The molecule has 0 bridgehead atoms. The zero-order valence-corrected chi connectivity index (χ0v) is 15.4. The maximum Gasteiger partial charge on any atom is 0.254 e. The van der Waals surface area contributed by atoms with Gasteiger partial charge in [-0.05, 0) is 29.8 Å². The number of carbonyl (C=O) groups is 1. The summed E-state index contributed by atoms with van der Waals surface area (Å²) >= 11 is 0. The molecular formula is C18H21FN2O4S. The molecular weight excluding hydrogens is 359 g/mol. The first-order valence-electron chi connectivity index (χ1n) is 7.92. The summed E-state index contributed by atoms with van der Waals surface area (Å²) in [6, 6.07) is 12.7. The van der Waals surface area contributed by atoms with Crippen LogP contribution in [0.3, 0.4) is 0 Å². The quantitative estimate of drug-likeness (QED) is 0.760. The first kappa shape index (κ1) is 19.9. The predicted molar refractivity (Wildman–Crippen MR) is 97.0 cm³/mol. The lowest BCUT2D eigenvalue weighted by atomic mass is 10.2. The van der Waals surface area contributed by atoms with Gasteiger partial charge in [-0.15, -0.1) is 0 Å². The minimum Gasteiger partial charge on any atom is -0.497 e. The van der Waals surface area contributed by atoms with Gasteiger partial charge in [0, 0.05) is 19.6 Å². The Morgan fingerprint density at radius 1 is 1.15 bits per heavy atom. The molecule has 0 atom stereocenters. The summed E-state index contributed by atoms with van der Waals surface area (Å²) in [7, 11) is -1.92. The van der Waals surface area contributed by atoms with Gasteiger partial charge in [-0.1, -0.05) is 24.3 Å². The van der Waals surface area contributed by atoms with E-state index in [9.17, 15) is 17.6 Å². The normalized spacial score (nSPS) is 11.4. The molecule has 6 nitrogen and oxygen atoms in total. The van der Waals surface area contributed by atoms with Gasteiger partial charge in [-0.25, -0.2) is 12.8 Å². The van der Waals surface area contributed by atoms with Crippen LogP contribution in [-0.4, -0.2) is 45.1 Å². The number of nitrogens with zero attached hydrogens (tertiary/aromatic N) is 1. The molecule has 0 saturated carbocycles. The molecule has 0 heterocycles. The average molecular weight is 380 g/mol. The monoisotopic (exact) mass is 380 g/mol. The van der Waals surface area contributed by atoms with Gasteiger partial charge in [-0.3, -0.25) is 4.79 Å². The molecule has 2 aromatic carbocycles. The van der Waals surface area contributed by atoms with Crippen molar-refractivity contribution in [3.63, 3.8) is 0 Å². The first-order chi connectivity index (χ1) is 12.3. The number of amides is 1. The maximum absolute atomic E-state index is 13.6. The Kier molecular flexibility index (Phi) is 6.70. The number of hydrogen-bond acceptors (Lipinski definition) is 4. The van der Waals surface area contributed by atoms with Crippen molar-refractivity contribution >= 4 is 15.9 Å². The number of ether oxygens (including phenoxy) is 1. The van der Waals surface area contributed by atoms with Crippen molar-refractivity contribution in [2.75, 3.05) is 26.5 Å². The third-order valence-corrected chi connectivity index (χ3v) is 5.00. The van der Waals surface area contributed by atoms with Gasteiger partial charge in [0.25, 0.3) is 5.91 Å². The number of methoxy groups -OCH3 is 1. The van der Waals surface area contributed by atoms with Crippen molar-refractivity contribution in [2.24, 2.45) is 0 Å². The highest BCUT2D eigenvalue weighted by Gasteiger charge is 2.18. The van der Waals surface area contributed by atoms with Crippen LogP contribution in [0.25, 0.3) is 0 Å². The first-order valence-corrected chi connectivity index (χ1v) is 9.77. The zero-order chi connectivity index (χ0) is 19.2. The molecule has 2 aromatic rings. The van der Waals surface area contributed by atoms with Gasteiger partial charge in [-0.2, -0.15) is 4.31 Å². The summed E-state index contributed by atoms with van der Waals surface area (Å²) in [6.07, 6.45) is 1.11. The molecule has 0 unspecified atom stereocenters. The van der Waals surface area contributed by atoms with E-state index in [-0.39, 0.29) is 25.2 Å². The van der Waals surface area contributed by atoms with Gasteiger partial charge in [0.05, 0.1) is 18.9 Å². The number of halogens is 1. The lowest BCUT2D eigenvalue weighted by Gasteiger charge is -2.20. The van der Waals surface area contributed by atoms with Crippen LogP contribution in [0.5, 0.6) is 5.75 Å². The smallest absolute Gasteiger partial charge is 0.254 e. The largest absolute Gasteiger partial charge is 0.497 e. The summed E-state index contributed by atoms with van der Waals surface area (Å²) in [4.78, 5) is 12.0. The zero-order valence-electron chi connectivity index (χ0n) is 14.6. The predicted octanol–water partition coefficient (Wildman–Crippen LogP) is 2.03. The highest BCUT2D eigenvalue weighted by molar-refractivity contribution is 7.88. The third kappa shape index (κ3) is 5.53. The Balaban J connectivity index is 1.98. The second-order valence-corrected chi connectivity index (χ2v) is 7.66. The molecule has 0 aliphatic carbocycles. The highest BCUT2D eigenvalue weighted by Crippen LogP contribution is 2.14. The van der Waals surface area contributed by atoms with Crippen molar-refractivity contribution in [2.45, 2.75) is 6.54 Å². The summed E-state index contributed by atoms with van der Waals surface area (Å²) in [5.74, 6) is -0.527. The molecule has 8 heteroatoms. The Morgan fingerprint density at radius 3 is 2.38 bits per heavy atom. The van der Waals surface area contributed by atoms with Gasteiger partial charge in [0.2, 0.25) is 10.0 Å². The van der Waals surface area contributed by atoms with E-state index in [1.807, 2.05) is 0 Å². The molecule has 0 saturated heterocycles. The summed E-state index contributed by atoms with van der Waals surface area (Å²) < 4.78 is 43.9. The van der Waals surface area contributed by atoms with Gasteiger partial charge < -0.3 is 10.1 Å². The molecule has 0 spiro atoms. The van der Waals surface area contributed by atoms with Crippen LogP contribution in [0, 0.1) is 5.82 Å². The number of rotatable bonds is 8. The van der Waals surface area contributed by atoms with Gasteiger partial charge >= 0.3 is 0 Å². The van der Waals surface area contributed by atoms with Crippen molar-refractivity contribution < 1.29 is 22.3 Å². The molecule has 2 rings (SSSR count). The van der Waals surface area contributed by atoms with E-state index in [4.69, 9.17) is 4.74 Å². The number of benzene rings is 2. The fraction of sp³-hybridized carbons (Fsp3) is 0.278. The third-order valence-electron chi connectivity index (χ3n) is 3.75. The Bertz CT molecular complexity index is 854. The van der Waals surface area contributed by atoms with Crippen LogP contribution in [-0.2, 0) is 16.6 Å². The minimum atomic E-state index is -3.47. The van der Waals surface area contributed by atoms with E-state index >= 15 is 0 Å². The second-order valence-electron chi connectivity index (χ2n) is 5.68. The van der Waals surface area contributed by atoms with E-state index in [2.05, 4.69) is 5.32 Å². The maximum atomic E-state index is 13.6. The Labute approximate surface area is 152 Å². The van der Waals surface area contributed by atoms with E-state index in [0.29, 0.717) is 5.75 Å². The van der Waals surface area contributed by atoms with Crippen LogP contribution in [0.1, 0.15) is 15.9 Å². The molecule has 0 aliphatic heterocycles. The van der Waals surface area contributed by atoms with Crippen LogP contribution >= 0.6 is 0 Å². The Morgan fingerprint density at radius 2 is 1.81 bits per heavy atom. The SMILES string of the molecule is COc1ccc(CN(CCNC(=O)c2ccccc2F)S(C)(=O)=O)cc1. The number of nitrogens with one attached hydrogen (secondary N) is 1. The molecule has 0 aromatic heterocycles. The summed E-state index contributed by atoms with van der Waals surface area (Å²) in [5.41, 5.74) is 0.713. The molecule has 26 heavy (non-hydrogen) atoms. The topological polar surface area (TPSA) is 75.7 Å². The molecule has 0 fully saturated rings. The summed E-state index contributed by atoms with van der Waals surface area (Å²) in [5, 5.41) is 2.54. The van der Waals surface area contributed by atoms with Crippen LogP contribution in [0.4, 0.5) is 4.39 Å². The van der Waals surface area contributed by atoms with Crippen molar-refractivity contribution in [3.05, 3.63) is 65.5 Å². The van der Waals surface area contributed by atoms with Crippen molar-refractivity contribution in [3.8, 4) is 5.75 Å². The van der Waals surface area contributed by atoms with Gasteiger partial charge in [0.1, 0.15) is 11.6 Å². The standard InChI is InChI=1S/C18H21FN2O4S/c1-25-15-9-7-14(8-10-15)13-21(26(2,23)24)12-11-20-18(22)16-5-3-4-6-17(16)19/h3-10H,11-13H2,1-2H3,(H,20,22).